The maximum absolute atomic E-state index is 10.9. The summed E-state index contributed by atoms with van der Waals surface area (Å²) in [6, 6.07) is 3.23. The molecule has 0 unspecified atom stereocenters. The standard InChI is InChI=1S/C9H12O3S.Na.H/c1-6-4-8(3)9(5-7(6)2)13(10,11)12;;/h4-5H,1-3H3,(H,10,11,12);;. The quantitative estimate of drug-likeness (QED) is 0.576. The SMILES string of the molecule is Cc1cc(C)c(S(=O)(=O)O)cc1C.[NaH]. The van der Waals surface area contributed by atoms with Crippen molar-refractivity contribution in [2.24, 2.45) is 0 Å². The Morgan fingerprint density at radius 3 is 1.86 bits per heavy atom. The Bertz CT molecular complexity index is 438. The van der Waals surface area contributed by atoms with Crippen LogP contribution in [0.1, 0.15) is 16.7 Å². The van der Waals surface area contributed by atoms with Crippen LogP contribution in [-0.2, 0) is 10.1 Å². The van der Waals surface area contributed by atoms with Crippen molar-refractivity contribution >= 4 is 39.7 Å². The predicted octanol–water partition coefficient (Wildman–Crippen LogP) is 1.21. The van der Waals surface area contributed by atoms with E-state index in [2.05, 4.69) is 0 Å². The van der Waals surface area contributed by atoms with Crippen molar-refractivity contribution in [2.45, 2.75) is 25.7 Å². The Kier molecular flexibility index (Phi) is 4.81. The summed E-state index contributed by atoms with van der Waals surface area (Å²) >= 11 is 0. The first kappa shape index (κ1) is 14.1. The second-order valence-corrected chi connectivity index (χ2v) is 4.57. The van der Waals surface area contributed by atoms with Crippen LogP contribution in [0.4, 0.5) is 0 Å². The molecule has 0 aliphatic heterocycles. The number of benzene rings is 1. The fraction of sp³-hybridized carbons (Fsp3) is 0.333. The molecule has 1 aromatic carbocycles. The van der Waals surface area contributed by atoms with E-state index in [1.165, 1.54) is 6.07 Å². The van der Waals surface area contributed by atoms with Crippen molar-refractivity contribution in [3.05, 3.63) is 28.8 Å². The summed E-state index contributed by atoms with van der Waals surface area (Å²) in [5.74, 6) is 0. The van der Waals surface area contributed by atoms with Crippen LogP contribution in [0.15, 0.2) is 17.0 Å². The number of rotatable bonds is 1. The van der Waals surface area contributed by atoms with Gasteiger partial charge in [0.1, 0.15) is 0 Å². The van der Waals surface area contributed by atoms with Gasteiger partial charge in [-0.25, -0.2) is 0 Å². The molecule has 0 saturated carbocycles. The van der Waals surface area contributed by atoms with Crippen LogP contribution in [-0.4, -0.2) is 42.5 Å². The fourth-order valence-electron chi connectivity index (χ4n) is 1.21. The summed E-state index contributed by atoms with van der Waals surface area (Å²) in [4.78, 5) is -0.00407. The molecule has 14 heavy (non-hydrogen) atoms. The molecule has 0 aromatic heterocycles. The third-order valence-corrected chi connectivity index (χ3v) is 3.06. The summed E-state index contributed by atoms with van der Waals surface area (Å²) in [5.41, 5.74) is 2.45. The van der Waals surface area contributed by atoms with Crippen LogP contribution in [0.25, 0.3) is 0 Å². The Morgan fingerprint density at radius 1 is 1.00 bits per heavy atom. The topological polar surface area (TPSA) is 54.4 Å². The molecule has 0 bridgehead atoms. The zero-order chi connectivity index (χ0) is 10.2. The van der Waals surface area contributed by atoms with E-state index >= 15 is 0 Å². The van der Waals surface area contributed by atoms with E-state index in [-0.39, 0.29) is 34.5 Å². The average molecular weight is 224 g/mol. The van der Waals surface area contributed by atoms with E-state index in [1.807, 2.05) is 13.8 Å². The van der Waals surface area contributed by atoms with Gasteiger partial charge in [0.05, 0.1) is 4.90 Å². The molecule has 0 saturated heterocycles. The Morgan fingerprint density at radius 2 is 1.43 bits per heavy atom. The Hall–Kier alpha value is 0.130. The second kappa shape index (κ2) is 4.77. The van der Waals surface area contributed by atoms with E-state index in [4.69, 9.17) is 4.55 Å². The first-order valence-electron chi connectivity index (χ1n) is 3.87. The molecule has 0 atom stereocenters. The van der Waals surface area contributed by atoms with E-state index in [9.17, 15) is 8.42 Å². The van der Waals surface area contributed by atoms with Crippen LogP contribution < -0.4 is 0 Å². The first-order valence-corrected chi connectivity index (χ1v) is 5.31. The minimum absolute atomic E-state index is 0. The number of hydrogen-bond acceptors (Lipinski definition) is 2. The maximum atomic E-state index is 10.9. The van der Waals surface area contributed by atoms with Crippen molar-refractivity contribution in [1.29, 1.82) is 0 Å². The first-order chi connectivity index (χ1) is 5.82. The van der Waals surface area contributed by atoms with Gasteiger partial charge in [-0.15, -0.1) is 0 Å². The van der Waals surface area contributed by atoms with Gasteiger partial charge in [0.2, 0.25) is 0 Å². The number of aryl methyl sites for hydroxylation is 3. The fourth-order valence-corrected chi connectivity index (χ4v) is 2.00. The summed E-state index contributed by atoms with van der Waals surface area (Å²) in [5, 5.41) is 0. The van der Waals surface area contributed by atoms with Gasteiger partial charge in [-0.3, -0.25) is 4.55 Å². The van der Waals surface area contributed by atoms with E-state index in [0.29, 0.717) is 5.56 Å². The molecule has 1 rings (SSSR count). The normalized spacial score (nSPS) is 10.9. The predicted molar refractivity (Wildman–Crippen MR) is 57.6 cm³/mol. The third kappa shape index (κ3) is 3.07. The zero-order valence-electron chi connectivity index (χ0n) is 7.83. The summed E-state index contributed by atoms with van der Waals surface area (Å²) in [6.45, 7) is 5.37. The van der Waals surface area contributed by atoms with Gasteiger partial charge in [0.25, 0.3) is 10.1 Å². The Balaban J connectivity index is 0.00000169. The summed E-state index contributed by atoms with van der Waals surface area (Å²) < 4.78 is 30.6. The molecule has 5 heteroatoms. The number of hydrogen-bond donors (Lipinski definition) is 1. The minimum atomic E-state index is -4.07. The summed E-state index contributed by atoms with van der Waals surface area (Å²) in [6.07, 6.45) is 0. The van der Waals surface area contributed by atoms with Gasteiger partial charge in [-0.1, -0.05) is 6.07 Å². The molecule has 0 fully saturated rings. The van der Waals surface area contributed by atoms with Gasteiger partial charge in [0, 0.05) is 0 Å². The van der Waals surface area contributed by atoms with Gasteiger partial charge >= 0.3 is 29.6 Å². The van der Waals surface area contributed by atoms with Gasteiger partial charge < -0.3 is 0 Å². The van der Waals surface area contributed by atoms with Crippen molar-refractivity contribution in [3.63, 3.8) is 0 Å². The molecule has 1 N–H and O–H groups in total. The van der Waals surface area contributed by atoms with E-state index in [0.717, 1.165) is 11.1 Å². The zero-order valence-corrected chi connectivity index (χ0v) is 8.64. The second-order valence-electron chi connectivity index (χ2n) is 3.18. The average Bonchev–Trinajstić information content (AvgIpc) is 1.94. The van der Waals surface area contributed by atoms with E-state index in [1.54, 1.807) is 13.0 Å². The molecule has 0 spiro atoms. The molecule has 0 aliphatic carbocycles. The van der Waals surface area contributed by atoms with Crippen LogP contribution in [0.5, 0.6) is 0 Å². The van der Waals surface area contributed by atoms with Crippen LogP contribution in [0.2, 0.25) is 0 Å². The molecule has 0 aliphatic rings. The molecule has 0 amide bonds. The van der Waals surface area contributed by atoms with E-state index < -0.39 is 10.1 Å². The molecule has 1 aromatic rings. The molecule has 0 heterocycles. The molecular formula is C9H13NaO3S. The molecule has 0 radical (unpaired) electrons. The van der Waals surface area contributed by atoms with Crippen molar-refractivity contribution in [1.82, 2.24) is 0 Å². The monoisotopic (exact) mass is 224 g/mol. The molecular weight excluding hydrogens is 211 g/mol. The Labute approximate surface area is 107 Å². The molecule has 74 valence electrons. The molecule has 3 nitrogen and oxygen atoms in total. The van der Waals surface area contributed by atoms with Crippen LogP contribution in [0.3, 0.4) is 0 Å². The van der Waals surface area contributed by atoms with Crippen LogP contribution in [0, 0.1) is 20.8 Å². The van der Waals surface area contributed by atoms with Gasteiger partial charge in [-0.05, 0) is 43.5 Å². The van der Waals surface area contributed by atoms with Gasteiger partial charge in [0.15, 0.2) is 0 Å². The summed E-state index contributed by atoms with van der Waals surface area (Å²) in [7, 11) is -4.07. The van der Waals surface area contributed by atoms with Crippen molar-refractivity contribution in [3.8, 4) is 0 Å². The van der Waals surface area contributed by atoms with Crippen molar-refractivity contribution < 1.29 is 13.0 Å². The van der Waals surface area contributed by atoms with Crippen molar-refractivity contribution in [2.75, 3.05) is 0 Å². The van der Waals surface area contributed by atoms with Crippen LogP contribution >= 0.6 is 0 Å². The third-order valence-electron chi connectivity index (χ3n) is 2.07. The van der Waals surface area contributed by atoms with Gasteiger partial charge in [-0.2, -0.15) is 8.42 Å².